The van der Waals surface area contributed by atoms with E-state index in [0.717, 1.165) is 62.8 Å². The molecule has 1 amide bonds. The second-order valence-electron chi connectivity index (χ2n) is 8.25. The molecule has 0 atom stereocenters. The van der Waals surface area contributed by atoms with E-state index in [1.165, 1.54) is 21.6 Å². The molecule has 6 nitrogen and oxygen atoms in total. The second kappa shape index (κ2) is 9.49. The third kappa shape index (κ3) is 4.77. The van der Waals surface area contributed by atoms with Gasteiger partial charge in [-0.3, -0.25) is 4.79 Å². The van der Waals surface area contributed by atoms with Crippen LogP contribution in [-0.4, -0.2) is 45.4 Å². The van der Waals surface area contributed by atoms with E-state index in [4.69, 9.17) is 9.47 Å². The molecule has 160 valence electrons. The number of quaternary nitrogens is 2. The Morgan fingerprint density at radius 1 is 0.933 bits per heavy atom. The summed E-state index contributed by atoms with van der Waals surface area (Å²) >= 11 is 0. The van der Waals surface area contributed by atoms with Gasteiger partial charge in [0, 0.05) is 11.3 Å². The minimum atomic E-state index is 0.125. The van der Waals surface area contributed by atoms with Crippen molar-refractivity contribution in [2.45, 2.75) is 33.2 Å². The van der Waals surface area contributed by atoms with E-state index in [9.17, 15) is 4.79 Å². The average molecular weight is 412 g/mol. The molecule has 4 rings (SSSR count). The maximum atomic E-state index is 12.7. The van der Waals surface area contributed by atoms with Gasteiger partial charge in [-0.25, -0.2) is 0 Å². The first-order chi connectivity index (χ1) is 14.7. The van der Waals surface area contributed by atoms with Crippen LogP contribution in [0.2, 0.25) is 0 Å². The first-order valence-corrected chi connectivity index (χ1v) is 11.1. The molecule has 2 aromatic rings. The summed E-state index contributed by atoms with van der Waals surface area (Å²) < 4.78 is 10.9. The SMILES string of the molecule is CCc1cccc(CC)c1NC(=O)C[NH+]1CC[NH+](Cc2ccc3c(c2)OCO3)CC1. The summed E-state index contributed by atoms with van der Waals surface area (Å²) in [5, 5.41) is 3.21. The van der Waals surface area contributed by atoms with Crippen molar-refractivity contribution in [3.8, 4) is 11.5 Å². The Balaban J connectivity index is 1.27. The summed E-state index contributed by atoms with van der Waals surface area (Å²) in [5.74, 6) is 1.82. The number of carbonyl (C=O) groups is 1. The van der Waals surface area contributed by atoms with Gasteiger partial charge in [-0.1, -0.05) is 32.0 Å². The minimum absolute atomic E-state index is 0.125. The fourth-order valence-electron chi connectivity index (χ4n) is 4.46. The predicted molar refractivity (Wildman–Crippen MR) is 116 cm³/mol. The number of carbonyl (C=O) groups excluding carboxylic acids is 1. The van der Waals surface area contributed by atoms with Gasteiger partial charge in [0.05, 0.1) is 0 Å². The molecule has 3 N–H and O–H groups in total. The quantitative estimate of drug-likeness (QED) is 0.621. The van der Waals surface area contributed by atoms with E-state index in [1.54, 1.807) is 4.90 Å². The highest BCUT2D eigenvalue weighted by Crippen LogP contribution is 2.32. The Kier molecular flexibility index (Phi) is 6.55. The number of aryl methyl sites for hydroxylation is 2. The van der Waals surface area contributed by atoms with Gasteiger partial charge >= 0.3 is 0 Å². The van der Waals surface area contributed by atoms with Gasteiger partial charge in [0.2, 0.25) is 6.79 Å². The predicted octanol–water partition coefficient (Wildman–Crippen LogP) is 0.462. The van der Waals surface area contributed by atoms with Crippen molar-refractivity contribution < 1.29 is 24.1 Å². The van der Waals surface area contributed by atoms with Gasteiger partial charge < -0.3 is 24.6 Å². The molecule has 30 heavy (non-hydrogen) atoms. The fourth-order valence-corrected chi connectivity index (χ4v) is 4.46. The number of benzene rings is 2. The molecule has 2 aromatic carbocycles. The van der Waals surface area contributed by atoms with Crippen LogP contribution < -0.4 is 24.6 Å². The molecule has 0 saturated carbocycles. The molecule has 1 saturated heterocycles. The maximum absolute atomic E-state index is 12.7. The number of ether oxygens (including phenoxy) is 2. The number of piperazine rings is 1. The Bertz CT molecular complexity index is 869. The Morgan fingerprint density at radius 2 is 1.60 bits per heavy atom. The highest BCUT2D eigenvalue weighted by atomic mass is 16.7. The Hall–Kier alpha value is -2.57. The normalized spacial score (nSPS) is 20.2. The van der Waals surface area contributed by atoms with Crippen LogP contribution in [0.25, 0.3) is 0 Å². The lowest BCUT2D eigenvalue weighted by Crippen LogP contribution is -3.28. The molecule has 2 aliphatic heterocycles. The van der Waals surface area contributed by atoms with E-state index in [0.29, 0.717) is 13.3 Å². The molecular formula is C24H33N3O3+2. The number of fused-ring (bicyclic) bond motifs is 1. The lowest BCUT2D eigenvalue weighted by Gasteiger charge is -2.29. The van der Waals surface area contributed by atoms with E-state index < -0.39 is 0 Å². The van der Waals surface area contributed by atoms with Crippen molar-refractivity contribution >= 4 is 11.6 Å². The van der Waals surface area contributed by atoms with E-state index in [2.05, 4.69) is 49.5 Å². The highest BCUT2D eigenvalue weighted by molar-refractivity contribution is 5.93. The molecular weight excluding hydrogens is 378 g/mol. The zero-order valence-corrected chi connectivity index (χ0v) is 18.1. The van der Waals surface area contributed by atoms with Crippen LogP contribution in [-0.2, 0) is 24.2 Å². The zero-order valence-electron chi connectivity index (χ0n) is 18.1. The van der Waals surface area contributed by atoms with Crippen LogP contribution >= 0.6 is 0 Å². The number of nitrogens with one attached hydrogen (secondary N) is 3. The minimum Gasteiger partial charge on any atom is -0.454 e. The number of para-hydroxylation sites is 1. The van der Waals surface area contributed by atoms with E-state index in [-0.39, 0.29) is 5.91 Å². The summed E-state index contributed by atoms with van der Waals surface area (Å²) in [6.07, 6.45) is 1.86. The fraction of sp³-hybridized carbons (Fsp3) is 0.458. The third-order valence-electron chi connectivity index (χ3n) is 6.23. The summed E-state index contributed by atoms with van der Waals surface area (Å²) in [6, 6.07) is 12.5. The topological polar surface area (TPSA) is 56.4 Å². The summed E-state index contributed by atoms with van der Waals surface area (Å²) in [4.78, 5) is 15.7. The van der Waals surface area contributed by atoms with Crippen molar-refractivity contribution in [2.75, 3.05) is 44.8 Å². The number of rotatable bonds is 7. The van der Waals surface area contributed by atoms with E-state index >= 15 is 0 Å². The lowest BCUT2D eigenvalue weighted by atomic mass is 10.0. The van der Waals surface area contributed by atoms with Crippen LogP contribution in [0.15, 0.2) is 36.4 Å². The van der Waals surface area contributed by atoms with Gasteiger partial charge in [-0.15, -0.1) is 0 Å². The van der Waals surface area contributed by atoms with Gasteiger partial charge in [-0.05, 0) is 42.2 Å². The van der Waals surface area contributed by atoms with Gasteiger partial charge in [0.15, 0.2) is 18.0 Å². The first-order valence-electron chi connectivity index (χ1n) is 11.1. The van der Waals surface area contributed by atoms with Gasteiger partial charge in [0.25, 0.3) is 5.91 Å². The summed E-state index contributed by atoms with van der Waals surface area (Å²) in [7, 11) is 0. The molecule has 0 spiro atoms. The van der Waals surface area contributed by atoms with E-state index in [1.807, 2.05) is 6.07 Å². The summed E-state index contributed by atoms with van der Waals surface area (Å²) in [5.41, 5.74) is 4.74. The van der Waals surface area contributed by atoms with Crippen molar-refractivity contribution in [1.82, 2.24) is 0 Å². The van der Waals surface area contributed by atoms with Crippen LogP contribution in [0.5, 0.6) is 11.5 Å². The van der Waals surface area contributed by atoms with Crippen molar-refractivity contribution in [2.24, 2.45) is 0 Å². The number of hydrogen-bond acceptors (Lipinski definition) is 3. The van der Waals surface area contributed by atoms with Crippen LogP contribution in [0.4, 0.5) is 5.69 Å². The van der Waals surface area contributed by atoms with Crippen molar-refractivity contribution in [1.29, 1.82) is 0 Å². The van der Waals surface area contributed by atoms with Crippen molar-refractivity contribution in [3.05, 3.63) is 53.1 Å². The molecule has 2 aliphatic rings. The average Bonchev–Trinajstić information content (AvgIpc) is 3.23. The highest BCUT2D eigenvalue weighted by Gasteiger charge is 2.26. The van der Waals surface area contributed by atoms with Crippen LogP contribution in [0, 0.1) is 0 Å². The molecule has 2 heterocycles. The molecule has 6 heteroatoms. The lowest BCUT2D eigenvalue weighted by molar-refractivity contribution is -1.02. The van der Waals surface area contributed by atoms with Gasteiger partial charge in [0.1, 0.15) is 32.7 Å². The molecule has 0 unspecified atom stereocenters. The molecule has 0 aromatic heterocycles. The number of amides is 1. The summed E-state index contributed by atoms with van der Waals surface area (Å²) in [6.45, 7) is 10.3. The van der Waals surface area contributed by atoms with Crippen molar-refractivity contribution in [3.63, 3.8) is 0 Å². The zero-order chi connectivity index (χ0) is 20.9. The molecule has 0 aliphatic carbocycles. The Morgan fingerprint density at radius 3 is 2.30 bits per heavy atom. The first kappa shape index (κ1) is 20.7. The third-order valence-corrected chi connectivity index (χ3v) is 6.23. The largest absolute Gasteiger partial charge is 0.454 e. The smallest absolute Gasteiger partial charge is 0.279 e. The van der Waals surface area contributed by atoms with Crippen LogP contribution in [0.3, 0.4) is 0 Å². The maximum Gasteiger partial charge on any atom is 0.279 e. The van der Waals surface area contributed by atoms with Crippen LogP contribution in [0.1, 0.15) is 30.5 Å². The standard InChI is InChI=1S/C24H31N3O3/c1-3-19-6-5-7-20(4-2)24(19)25-23(28)16-27-12-10-26(11-13-27)15-18-8-9-21-22(14-18)30-17-29-21/h5-9,14H,3-4,10-13,15-17H2,1-2H3,(H,25,28)/p+2. The monoisotopic (exact) mass is 411 g/mol. The molecule has 0 radical (unpaired) electrons. The second-order valence-corrected chi connectivity index (χ2v) is 8.25. The van der Waals surface area contributed by atoms with Gasteiger partial charge in [-0.2, -0.15) is 0 Å². The Labute approximate surface area is 178 Å². The number of hydrogen-bond donors (Lipinski definition) is 3. The number of anilines is 1. The molecule has 0 bridgehead atoms. The molecule has 1 fully saturated rings.